The predicted octanol–water partition coefficient (Wildman–Crippen LogP) is 5.83. The molecule has 5 rings (SSSR count). The topological polar surface area (TPSA) is 85.7 Å². The summed E-state index contributed by atoms with van der Waals surface area (Å²) in [5, 5.41) is 2.76. The van der Waals surface area contributed by atoms with E-state index in [0.717, 1.165) is 30.5 Å². The van der Waals surface area contributed by atoms with Crippen molar-refractivity contribution < 1.29 is 32.2 Å². The van der Waals surface area contributed by atoms with Crippen LogP contribution in [0.1, 0.15) is 28.8 Å². The minimum atomic E-state index is -4.48. The molecule has 1 saturated heterocycles. The third-order valence-electron chi connectivity index (χ3n) is 6.89. The minimum Gasteiger partial charge on any atom is -0.497 e. The van der Waals surface area contributed by atoms with Gasteiger partial charge in [-0.25, -0.2) is 4.98 Å². The SMILES string of the molecule is COc1cccc(C(=O)N(CC(=O)Nc2nc(-c3ccccc3)cn2-c2ccc(C(F)(F)F)cc2)C[C@H]2CCCO2)c1. The van der Waals surface area contributed by atoms with Gasteiger partial charge >= 0.3 is 6.18 Å². The number of nitrogens with zero attached hydrogens (tertiary/aromatic N) is 3. The Bertz CT molecular complexity index is 1530. The summed E-state index contributed by atoms with van der Waals surface area (Å²) >= 11 is 0. The molecule has 1 atom stereocenters. The van der Waals surface area contributed by atoms with Crippen molar-refractivity contribution in [2.45, 2.75) is 25.1 Å². The van der Waals surface area contributed by atoms with Crippen molar-refractivity contribution in [1.82, 2.24) is 14.5 Å². The van der Waals surface area contributed by atoms with Gasteiger partial charge < -0.3 is 14.4 Å². The number of amides is 2. The van der Waals surface area contributed by atoms with Gasteiger partial charge in [0.25, 0.3) is 5.91 Å². The molecule has 0 unspecified atom stereocenters. The standard InChI is InChI=1S/C31H29F3N4O4/c1-41-25-10-5-9-22(17-25)29(40)37(18-26-11-6-16-42-26)20-28(39)36-30-35-27(21-7-3-2-4-8-21)19-38(30)24-14-12-23(13-15-24)31(32,33)34/h2-5,7-10,12-15,17,19,26H,6,11,16,18,20H2,1H3,(H,35,36,39)/t26-/m1/s1. The number of halogens is 3. The maximum Gasteiger partial charge on any atom is 0.416 e. The number of nitrogens with one attached hydrogen (secondary N) is 1. The van der Waals surface area contributed by atoms with Crippen LogP contribution in [0.25, 0.3) is 16.9 Å². The highest BCUT2D eigenvalue weighted by Crippen LogP contribution is 2.31. The molecule has 42 heavy (non-hydrogen) atoms. The van der Waals surface area contributed by atoms with Gasteiger partial charge in [0.15, 0.2) is 0 Å². The van der Waals surface area contributed by atoms with Crippen molar-refractivity contribution >= 4 is 17.8 Å². The quantitative estimate of drug-likeness (QED) is 0.270. The number of rotatable bonds is 9. The number of imidazole rings is 1. The van der Waals surface area contributed by atoms with Crippen molar-refractivity contribution in [3.05, 3.63) is 96.2 Å². The Balaban J connectivity index is 1.42. The molecule has 0 bridgehead atoms. The van der Waals surface area contributed by atoms with Crippen molar-refractivity contribution in [3.63, 3.8) is 0 Å². The van der Waals surface area contributed by atoms with E-state index in [9.17, 15) is 22.8 Å². The Hall–Kier alpha value is -4.64. The Morgan fingerprint density at radius 1 is 1.07 bits per heavy atom. The molecular formula is C31H29F3N4O4. The van der Waals surface area contributed by atoms with Gasteiger partial charge in [-0.1, -0.05) is 36.4 Å². The molecule has 0 spiro atoms. The number of methoxy groups -OCH3 is 1. The number of carbonyl (C=O) groups is 2. The molecule has 0 saturated carbocycles. The van der Waals surface area contributed by atoms with E-state index >= 15 is 0 Å². The van der Waals surface area contributed by atoms with Gasteiger partial charge in [-0.2, -0.15) is 13.2 Å². The molecule has 1 aliphatic rings. The number of hydrogen-bond acceptors (Lipinski definition) is 5. The van der Waals surface area contributed by atoms with Crippen LogP contribution in [0.5, 0.6) is 5.75 Å². The van der Waals surface area contributed by atoms with E-state index in [0.29, 0.717) is 29.3 Å². The van der Waals surface area contributed by atoms with Gasteiger partial charge in [0.1, 0.15) is 12.3 Å². The molecule has 1 fully saturated rings. The first kappa shape index (κ1) is 28.9. The van der Waals surface area contributed by atoms with Gasteiger partial charge in [-0.15, -0.1) is 0 Å². The van der Waals surface area contributed by atoms with Gasteiger partial charge in [0, 0.05) is 36.2 Å². The third-order valence-corrected chi connectivity index (χ3v) is 6.89. The second kappa shape index (κ2) is 12.5. The summed E-state index contributed by atoms with van der Waals surface area (Å²) < 4.78 is 52.0. The zero-order chi connectivity index (χ0) is 29.7. The number of hydrogen-bond donors (Lipinski definition) is 1. The van der Waals surface area contributed by atoms with Crippen LogP contribution in [0.3, 0.4) is 0 Å². The summed E-state index contributed by atoms with van der Waals surface area (Å²) in [7, 11) is 1.50. The van der Waals surface area contributed by atoms with Crippen LogP contribution < -0.4 is 10.1 Å². The van der Waals surface area contributed by atoms with Crippen LogP contribution in [0.4, 0.5) is 19.1 Å². The normalized spacial score (nSPS) is 14.9. The highest BCUT2D eigenvalue weighted by molar-refractivity contribution is 5.99. The molecule has 1 aromatic heterocycles. The summed E-state index contributed by atoms with van der Waals surface area (Å²) in [6.45, 7) is 0.507. The average molecular weight is 579 g/mol. The van der Waals surface area contributed by atoms with E-state index in [1.807, 2.05) is 30.3 Å². The lowest BCUT2D eigenvalue weighted by molar-refractivity contribution is -0.137. The molecule has 218 valence electrons. The van der Waals surface area contributed by atoms with E-state index in [2.05, 4.69) is 10.3 Å². The number of carbonyl (C=O) groups excluding carboxylic acids is 2. The lowest BCUT2D eigenvalue weighted by atomic mass is 10.1. The van der Waals surface area contributed by atoms with Crippen LogP contribution in [0.2, 0.25) is 0 Å². The zero-order valence-corrected chi connectivity index (χ0v) is 22.8. The van der Waals surface area contributed by atoms with Crippen molar-refractivity contribution in [2.24, 2.45) is 0 Å². The number of anilines is 1. The molecule has 11 heteroatoms. The lowest BCUT2D eigenvalue weighted by Crippen LogP contribution is -2.42. The van der Waals surface area contributed by atoms with E-state index in [4.69, 9.17) is 9.47 Å². The maximum atomic E-state index is 13.5. The summed E-state index contributed by atoms with van der Waals surface area (Å²) in [6, 6.07) is 20.4. The van der Waals surface area contributed by atoms with Crippen LogP contribution in [-0.4, -0.2) is 59.2 Å². The fraction of sp³-hybridized carbons (Fsp3) is 0.258. The second-order valence-electron chi connectivity index (χ2n) is 9.83. The molecule has 3 aromatic carbocycles. The largest absolute Gasteiger partial charge is 0.497 e. The van der Waals surface area contributed by atoms with Gasteiger partial charge in [-0.3, -0.25) is 19.5 Å². The molecule has 0 aliphatic carbocycles. The molecule has 0 radical (unpaired) electrons. The number of benzene rings is 3. The first-order chi connectivity index (χ1) is 20.2. The number of aromatic nitrogens is 2. The van der Waals surface area contributed by atoms with Gasteiger partial charge in [0.2, 0.25) is 11.9 Å². The Labute approximate surface area is 240 Å². The van der Waals surface area contributed by atoms with Crippen molar-refractivity contribution in [3.8, 4) is 22.7 Å². The van der Waals surface area contributed by atoms with E-state index in [-0.39, 0.29) is 31.0 Å². The van der Waals surface area contributed by atoms with Gasteiger partial charge in [-0.05, 0) is 55.3 Å². The van der Waals surface area contributed by atoms with Crippen molar-refractivity contribution in [2.75, 3.05) is 32.1 Å². The number of ether oxygens (including phenoxy) is 2. The fourth-order valence-corrected chi connectivity index (χ4v) is 4.75. The summed E-state index contributed by atoms with van der Waals surface area (Å²) in [4.78, 5) is 32.9. The fourth-order valence-electron chi connectivity index (χ4n) is 4.75. The van der Waals surface area contributed by atoms with Crippen LogP contribution in [0.15, 0.2) is 85.1 Å². The Kier molecular flexibility index (Phi) is 8.58. The van der Waals surface area contributed by atoms with Crippen molar-refractivity contribution in [1.29, 1.82) is 0 Å². The van der Waals surface area contributed by atoms with E-state index < -0.39 is 17.6 Å². The third kappa shape index (κ3) is 6.80. The maximum absolute atomic E-state index is 13.5. The monoisotopic (exact) mass is 578 g/mol. The molecule has 1 N–H and O–H groups in total. The highest BCUT2D eigenvalue weighted by atomic mass is 19.4. The highest BCUT2D eigenvalue weighted by Gasteiger charge is 2.30. The molecule has 1 aliphatic heterocycles. The van der Waals surface area contributed by atoms with E-state index in [1.165, 1.54) is 28.7 Å². The lowest BCUT2D eigenvalue weighted by Gasteiger charge is -2.25. The van der Waals surface area contributed by atoms with Crippen LogP contribution in [-0.2, 0) is 15.7 Å². The molecule has 2 amide bonds. The minimum absolute atomic E-state index is 0.101. The second-order valence-corrected chi connectivity index (χ2v) is 9.83. The molecule has 2 heterocycles. The van der Waals surface area contributed by atoms with Crippen LogP contribution >= 0.6 is 0 Å². The summed E-state index contributed by atoms with van der Waals surface area (Å²) in [6.07, 6.45) is -1.42. The molecule has 4 aromatic rings. The van der Waals surface area contributed by atoms with Gasteiger partial charge in [0.05, 0.1) is 24.5 Å². The first-order valence-corrected chi connectivity index (χ1v) is 13.4. The predicted molar refractivity (Wildman–Crippen MR) is 151 cm³/mol. The first-order valence-electron chi connectivity index (χ1n) is 13.4. The molecule has 8 nitrogen and oxygen atoms in total. The Morgan fingerprint density at radius 2 is 1.83 bits per heavy atom. The van der Waals surface area contributed by atoms with E-state index in [1.54, 1.807) is 30.5 Å². The Morgan fingerprint density at radius 3 is 2.50 bits per heavy atom. The number of alkyl halides is 3. The smallest absolute Gasteiger partial charge is 0.416 e. The summed E-state index contributed by atoms with van der Waals surface area (Å²) in [5.41, 5.74) is 1.21. The van der Waals surface area contributed by atoms with Crippen LogP contribution in [0, 0.1) is 0 Å². The summed E-state index contributed by atoms with van der Waals surface area (Å²) in [5.74, 6) is -0.280. The molecular weight excluding hydrogens is 549 g/mol. The average Bonchev–Trinajstić information content (AvgIpc) is 3.67. The zero-order valence-electron chi connectivity index (χ0n) is 22.8.